The van der Waals surface area contributed by atoms with Gasteiger partial charge < -0.3 is 5.32 Å². The molecule has 0 bridgehead atoms. The zero-order valence-corrected chi connectivity index (χ0v) is 16.3. The van der Waals surface area contributed by atoms with E-state index in [9.17, 15) is 21.6 Å². The molecule has 0 radical (unpaired) electrons. The molecule has 0 saturated heterocycles. The molecule has 0 aliphatic carbocycles. The SMILES string of the molecule is Cc1ccc(S(=O)(=O)NCCNC(=O)CN(C)S(=O)(=O)N(C)C)cc1. The van der Waals surface area contributed by atoms with Gasteiger partial charge in [0.05, 0.1) is 11.4 Å². The first kappa shape index (κ1) is 21.5. The van der Waals surface area contributed by atoms with Crippen LogP contribution in [0.25, 0.3) is 0 Å². The summed E-state index contributed by atoms with van der Waals surface area (Å²) in [6, 6.07) is 6.38. The number of hydrogen-bond donors (Lipinski definition) is 2. The van der Waals surface area contributed by atoms with Gasteiger partial charge in [-0.15, -0.1) is 0 Å². The molecule has 0 aromatic heterocycles. The molecule has 2 N–H and O–H groups in total. The molecule has 142 valence electrons. The third-order valence-corrected chi connectivity index (χ3v) is 6.61. The first-order valence-electron chi connectivity index (χ1n) is 7.43. The highest BCUT2D eigenvalue weighted by Gasteiger charge is 2.22. The van der Waals surface area contributed by atoms with Gasteiger partial charge in [0.1, 0.15) is 0 Å². The Bertz CT molecular complexity index is 789. The van der Waals surface area contributed by atoms with E-state index in [1.54, 1.807) is 12.1 Å². The van der Waals surface area contributed by atoms with Crippen LogP contribution in [0.2, 0.25) is 0 Å². The van der Waals surface area contributed by atoms with Crippen molar-refractivity contribution < 1.29 is 21.6 Å². The fraction of sp³-hybridized carbons (Fsp3) is 0.500. The summed E-state index contributed by atoms with van der Waals surface area (Å²) < 4.78 is 52.0. The minimum Gasteiger partial charge on any atom is -0.354 e. The van der Waals surface area contributed by atoms with Crippen molar-refractivity contribution in [2.75, 3.05) is 40.8 Å². The highest BCUT2D eigenvalue weighted by Crippen LogP contribution is 2.09. The average Bonchev–Trinajstić information content (AvgIpc) is 2.51. The van der Waals surface area contributed by atoms with E-state index in [1.807, 2.05) is 6.92 Å². The summed E-state index contributed by atoms with van der Waals surface area (Å²) in [5.41, 5.74) is 0.947. The molecule has 11 heteroatoms. The van der Waals surface area contributed by atoms with Crippen molar-refractivity contribution in [1.29, 1.82) is 0 Å². The zero-order valence-electron chi connectivity index (χ0n) is 14.7. The van der Waals surface area contributed by atoms with E-state index in [0.29, 0.717) is 0 Å². The van der Waals surface area contributed by atoms with Crippen LogP contribution in [-0.2, 0) is 25.0 Å². The van der Waals surface area contributed by atoms with Crippen LogP contribution in [0.5, 0.6) is 0 Å². The third kappa shape index (κ3) is 6.36. The molecule has 0 unspecified atom stereocenters. The van der Waals surface area contributed by atoms with Crippen LogP contribution >= 0.6 is 0 Å². The predicted octanol–water partition coefficient (Wildman–Crippen LogP) is -0.872. The number of carbonyl (C=O) groups is 1. The quantitative estimate of drug-likeness (QED) is 0.530. The van der Waals surface area contributed by atoms with E-state index in [4.69, 9.17) is 0 Å². The minimum absolute atomic E-state index is 0.00784. The van der Waals surface area contributed by atoms with Gasteiger partial charge >= 0.3 is 0 Å². The molecule has 0 spiro atoms. The summed E-state index contributed by atoms with van der Waals surface area (Å²) in [6.45, 7) is 1.53. The van der Waals surface area contributed by atoms with E-state index in [0.717, 1.165) is 14.2 Å². The fourth-order valence-corrected chi connectivity index (χ4v) is 3.68. The Labute approximate surface area is 149 Å². The Morgan fingerprint density at radius 1 is 1.00 bits per heavy atom. The molecule has 1 aromatic rings. The van der Waals surface area contributed by atoms with Gasteiger partial charge in [0.15, 0.2) is 0 Å². The lowest BCUT2D eigenvalue weighted by Crippen LogP contribution is -2.44. The second-order valence-electron chi connectivity index (χ2n) is 5.61. The van der Waals surface area contributed by atoms with Crippen molar-refractivity contribution in [2.45, 2.75) is 11.8 Å². The standard InChI is InChI=1S/C14H24N4O5S2/c1-12-5-7-13(8-6-12)24(20,21)16-10-9-15-14(19)11-18(4)25(22,23)17(2)3/h5-8,16H,9-11H2,1-4H3,(H,15,19). The number of aryl methyl sites for hydroxylation is 1. The first-order chi connectivity index (χ1) is 11.5. The van der Waals surface area contributed by atoms with Crippen LogP contribution in [-0.4, -0.2) is 72.1 Å². The number of nitrogens with zero attached hydrogens (tertiary/aromatic N) is 2. The Morgan fingerprint density at radius 3 is 2.08 bits per heavy atom. The second kappa shape index (κ2) is 8.72. The first-order valence-corrected chi connectivity index (χ1v) is 10.3. The molecule has 0 aliphatic rings. The van der Waals surface area contributed by atoms with Crippen molar-refractivity contribution in [3.63, 3.8) is 0 Å². The minimum atomic E-state index is -3.67. The number of benzene rings is 1. The number of rotatable bonds is 9. The van der Waals surface area contributed by atoms with Gasteiger partial charge in [-0.3, -0.25) is 4.79 Å². The topological polar surface area (TPSA) is 116 Å². The smallest absolute Gasteiger partial charge is 0.281 e. The number of nitrogens with one attached hydrogen (secondary N) is 2. The number of sulfonamides is 1. The highest BCUT2D eigenvalue weighted by atomic mass is 32.2. The second-order valence-corrected chi connectivity index (χ2v) is 9.62. The van der Waals surface area contributed by atoms with Crippen molar-refractivity contribution in [2.24, 2.45) is 0 Å². The summed E-state index contributed by atoms with van der Waals surface area (Å²) in [4.78, 5) is 11.9. The molecule has 1 amide bonds. The normalized spacial score (nSPS) is 12.6. The van der Waals surface area contributed by atoms with Gasteiger partial charge in [-0.1, -0.05) is 17.7 Å². The summed E-state index contributed by atoms with van der Waals surface area (Å²) in [7, 11) is -3.30. The number of carbonyl (C=O) groups excluding carboxylic acids is 1. The maximum absolute atomic E-state index is 12.1. The Morgan fingerprint density at radius 2 is 1.56 bits per heavy atom. The van der Waals surface area contributed by atoms with Gasteiger partial charge in [-0.05, 0) is 19.1 Å². The lowest BCUT2D eigenvalue weighted by molar-refractivity contribution is -0.121. The maximum atomic E-state index is 12.1. The zero-order chi connectivity index (χ0) is 19.3. The van der Waals surface area contributed by atoms with Crippen molar-refractivity contribution in [3.8, 4) is 0 Å². The summed E-state index contributed by atoms with van der Waals surface area (Å²) >= 11 is 0. The van der Waals surface area contributed by atoms with Crippen LogP contribution in [0.1, 0.15) is 5.56 Å². The molecule has 0 saturated carbocycles. The van der Waals surface area contributed by atoms with Gasteiger partial charge in [0.25, 0.3) is 10.2 Å². The lowest BCUT2D eigenvalue weighted by atomic mass is 10.2. The van der Waals surface area contributed by atoms with Crippen molar-refractivity contribution in [1.82, 2.24) is 18.6 Å². The van der Waals surface area contributed by atoms with E-state index in [2.05, 4.69) is 10.0 Å². The highest BCUT2D eigenvalue weighted by molar-refractivity contribution is 7.89. The molecular weight excluding hydrogens is 368 g/mol. The molecule has 9 nitrogen and oxygen atoms in total. The van der Waals surface area contributed by atoms with Crippen LogP contribution in [0.4, 0.5) is 0 Å². The van der Waals surface area contributed by atoms with Crippen LogP contribution in [0.15, 0.2) is 29.2 Å². The van der Waals surface area contributed by atoms with E-state index in [-0.39, 0.29) is 24.5 Å². The summed E-state index contributed by atoms with van der Waals surface area (Å²) in [5.74, 6) is -0.526. The number of amides is 1. The van der Waals surface area contributed by atoms with Crippen molar-refractivity contribution in [3.05, 3.63) is 29.8 Å². The molecule has 0 aliphatic heterocycles. The molecule has 0 fully saturated rings. The van der Waals surface area contributed by atoms with Crippen molar-refractivity contribution >= 4 is 26.1 Å². The molecule has 1 aromatic carbocycles. The molecular formula is C14H24N4O5S2. The fourth-order valence-electron chi connectivity index (χ4n) is 1.81. The van der Waals surface area contributed by atoms with Crippen LogP contribution in [0.3, 0.4) is 0 Å². The maximum Gasteiger partial charge on any atom is 0.281 e. The van der Waals surface area contributed by atoms with Crippen LogP contribution < -0.4 is 10.0 Å². The largest absolute Gasteiger partial charge is 0.354 e. The van der Waals surface area contributed by atoms with E-state index >= 15 is 0 Å². The Kier molecular flexibility index (Phi) is 7.50. The van der Waals surface area contributed by atoms with E-state index in [1.165, 1.54) is 33.3 Å². The monoisotopic (exact) mass is 392 g/mol. The third-order valence-electron chi connectivity index (χ3n) is 3.29. The summed E-state index contributed by atoms with van der Waals surface area (Å²) in [6.07, 6.45) is 0. The summed E-state index contributed by atoms with van der Waals surface area (Å²) in [5, 5.41) is 2.47. The molecule has 0 heterocycles. The molecule has 1 rings (SSSR count). The average molecular weight is 393 g/mol. The van der Waals surface area contributed by atoms with E-state index < -0.39 is 26.1 Å². The lowest BCUT2D eigenvalue weighted by Gasteiger charge is -2.20. The number of likely N-dealkylation sites (N-methyl/N-ethyl adjacent to an activating group) is 1. The van der Waals surface area contributed by atoms with Crippen LogP contribution in [0, 0.1) is 6.92 Å². The van der Waals surface area contributed by atoms with Gasteiger partial charge in [0.2, 0.25) is 15.9 Å². The molecule has 25 heavy (non-hydrogen) atoms. The predicted molar refractivity (Wildman–Crippen MR) is 94.6 cm³/mol. The van der Waals surface area contributed by atoms with Gasteiger partial charge in [0, 0.05) is 34.2 Å². The van der Waals surface area contributed by atoms with Gasteiger partial charge in [-0.25, -0.2) is 13.1 Å². The Hall–Kier alpha value is -1.53. The molecule has 0 atom stereocenters. The Balaban J connectivity index is 2.45. The number of hydrogen-bond acceptors (Lipinski definition) is 5. The van der Waals surface area contributed by atoms with Gasteiger partial charge in [-0.2, -0.15) is 17.0 Å².